The van der Waals surface area contributed by atoms with Crippen molar-refractivity contribution in [3.05, 3.63) is 12.2 Å². The predicted molar refractivity (Wildman–Crippen MR) is 95.0 cm³/mol. The highest BCUT2D eigenvalue weighted by Crippen LogP contribution is 2.20. The maximum absolute atomic E-state index is 12.1. The summed E-state index contributed by atoms with van der Waals surface area (Å²) < 4.78 is 0. The largest absolute Gasteiger partial charge is 0.339 e. The van der Waals surface area contributed by atoms with E-state index >= 15 is 0 Å². The van der Waals surface area contributed by atoms with Gasteiger partial charge in [0.15, 0.2) is 0 Å². The SMILES string of the molecule is CCCCCCCC=CC(=O)N1CCC(CCN(C)C)CC1. The van der Waals surface area contributed by atoms with Gasteiger partial charge in [-0.25, -0.2) is 0 Å². The molecular weight excluding hydrogens is 272 g/mol. The maximum Gasteiger partial charge on any atom is 0.246 e. The third-order valence-electron chi connectivity index (χ3n) is 4.65. The molecule has 0 aromatic heterocycles. The molecule has 0 N–H and O–H groups in total. The molecule has 0 unspecified atom stereocenters. The molecule has 22 heavy (non-hydrogen) atoms. The van der Waals surface area contributed by atoms with Crippen LogP contribution in [0.4, 0.5) is 0 Å². The minimum Gasteiger partial charge on any atom is -0.339 e. The van der Waals surface area contributed by atoms with Crippen molar-refractivity contribution in [2.75, 3.05) is 33.7 Å². The second-order valence-electron chi connectivity index (χ2n) is 6.97. The summed E-state index contributed by atoms with van der Waals surface area (Å²) in [5.41, 5.74) is 0. The van der Waals surface area contributed by atoms with Crippen molar-refractivity contribution in [3.63, 3.8) is 0 Å². The Balaban J connectivity index is 2.11. The molecule has 0 radical (unpaired) electrons. The van der Waals surface area contributed by atoms with Crippen molar-refractivity contribution in [2.24, 2.45) is 5.92 Å². The Morgan fingerprint density at radius 3 is 2.45 bits per heavy atom. The molecule has 0 aromatic carbocycles. The molecule has 3 nitrogen and oxygen atoms in total. The van der Waals surface area contributed by atoms with E-state index in [-0.39, 0.29) is 5.91 Å². The number of carbonyl (C=O) groups is 1. The van der Waals surface area contributed by atoms with Gasteiger partial charge in [-0.05, 0) is 64.7 Å². The average molecular weight is 309 g/mol. The molecular formula is C19H36N2O. The zero-order valence-corrected chi connectivity index (χ0v) is 15.0. The molecule has 0 saturated carbocycles. The number of allylic oxidation sites excluding steroid dienone is 1. The van der Waals surface area contributed by atoms with Crippen LogP contribution in [0.25, 0.3) is 0 Å². The van der Waals surface area contributed by atoms with E-state index in [2.05, 4.69) is 32.0 Å². The number of hydrogen-bond acceptors (Lipinski definition) is 2. The summed E-state index contributed by atoms with van der Waals surface area (Å²) in [7, 11) is 4.26. The van der Waals surface area contributed by atoms with Crippen molar-refractivity contribution < 1.29 is 4.79 Å². The van der Waals surface area contributed by atoms with E-state index in [1.54, 1.807) is 6.08 Å². The molecule has 0 aliphatic carbocycles. The quantitative estimate of drug-likeness (QED) is 0.448. The van der Waals surface area contributed by atoms with Crippen LogP contribution in [-0.4, -0.2) is 49.4 Å². The van der Waals surface area contributed by atoms with E-state index in [0.29, 0.717) is 0 Å². The van der Waals surface area contributed by atoms with Gasteiger partial charge in [-0.1, -0.05) is 38.7 Å². The zero-order chi connectivity index (χ0) is 16.2. The molecule has 1 aliphatic heterocycles. The van der Waals surface area contributed by atoms with Crippen LogP contribution >= 0.6 is 0 Å². The first-order valence-electron chi connectivity index (χ1n) is 9.23. The second-order valence-corrected chi connectivity index (χ2v) is 6.97. The highest BCUT2D eigenvalue weighted by molar-refractivity contribution is 5.87. The van der Waals surface area contributed by atoms with Crippen LogP contribution in [0.2, 0.25) is 0 Å². The molecule has 1 fully saturated rings. The monoisotopic (exact) mass is 308 g/mol. The topological polar surface area (TPSA) is 23.6 Å². The normalized spacial score (nSPS) is 16.8. The van der Waals surface area contributed by atoms with Gasteiger partial charge in [0.1, 0.15) is 0 Å². The highest BCUT2D eigenvalue weighted by atomic mass is 16.2. The van der Waals surface area contributed by atoms with Crippen LogP contribution in [0.3, 0.4) is 0 Å². The number of likely N-dealkylation sites (tertiary alicyclic amines) is 1. The zero-order valence-electron chi connectivity index (χ0n) is 15.0. The Kier molecular flexibility index (Phi) is 10.2. The Bertz CT molecular complexity index is 317. The molecule has 3 heteroatoms. The fourth-order valence-corrected chi connectivity index (χ4v) is 3.04. The lowest BCUT2D eigenvalue weighted by atomic mass is 9.93. The summed E-state index contributed by atoms with van der Waals surface area (Å²) >= 11 is 0. The second kappa shape index (κ2) is 11.7. The number of amides is 1. The minimum atomic E-state index is 0.222. The maximum atomic E-state index is 12.1. The summed E-state index contributed by atoms with van der Waals surface area (Å²) in [6.45, 7) is 5.29. The van der Waals surface area contributed by atoms with Gasteiger partial charge >= 0.3 is 0 Å². The number of nitrogens with zero attached hydrogens (tertiary/aromatic N) is 2. The lowest BCUT2D eigenvalue weighted by molar-refractivity contribution is -0.127. The first-order valence-corrected chi connectivity index (χ1v) is 9.23. The van der Waals surface area contributed by atoms with Gasteiger partial charge in [0.05, 0.1) is 0 Å². The van der Waals surface area contributed by atoms with Crippen molar-refractivity contribution in [3.8, 4) is 0 Å². The van der Waals surface area contributed by atoms with Crippen LogP contribution in [0, 0.1) is 5.92 Å². The Labute approximate surface area is 137 Å². The number of carbonyl (C=O) groups excluding carboxylic acids is 1. The fraction of sp³-hybridized carbons (Fsp3) is 0.842. The molecule has 0 spiro atoms. The van der Waals surface area contributed by atoms with Crippen molar-refractivity contribution >= 4 is 5.91 Å². The van der Waals surface area contributed by atoms with Crippen LogP contribution in [0.1, 0.15) is 64.7 Å². The number of unbranched alkanes of at least 4 members (excludes halogenated alkanes) is 5. The van der Waals surface area contributed by atoms with Crippen molar-refractivity contribution in [2.45, 2.75) is 64.7 Å². The molecule has 1 aliphatic rings. The standard InChI is InChI=1S/C19H36N2O/c1-4-5-6-7-8-9-10-11-19(22)21-16-13-18(14-17-21)12-15-20(2)3/h10-11,18H,4-9,12-17H2,1-3H3. The summed E-state index contributed by atoms with van der Waals surface area (Å²) in [6, 6.07) is 0. The van der Waals surface area contributed by atoms with Crippen LogP contribution in [-0.2, 0) is 4.79 Å². The van der Waals surface area contributed by atoms with Gasteiger partial charge in [0.2, 0.25) is 5.91 Å². The summed E-state index contributed by atoms with van der Waals surface area (Å²) in [5, 5.41) is 0. The molecule has 1 amide bonds. The smallest absolute Gasteiger partial charge is 0.246 e. The summed E-state index contributed by atoms with van der Waals surface area (Å²) in [4.78, 5) is 16.4. The number of piperidine rings is 1. The minimum absolute atomic E-state index is 0.222. The van der Waals surface area contributed by atoms with Gasteiger partial charge in [0.25, 0.3) is 0 Å². The van der Waals surface area contributed by atoms with E-state index in [1.165, 1.54) is 51.4 Å². The third-order valence-corrected chi connectivity index (χ3v) is 4.65. The molecule has 0 bridgehead atoms. The lowest BCUT2D eigenvalue weighted by Gasteiger charge is -2.31. The summed E-state index contributed by atoms with van der Waals surface area (Å²) in [6.07, 6.45) is 15.0. The molecule has 1 heterocycles. The highest BCUT2D eigenvalue weighted by Gasteiger charge is 2.21. The van der Waals surface area contributed by atoms with Crippen molar-refractivity contribution in [1.82, 2.24) is 9.80 Å². The van der Waals surface area contributed by atoms with Gasteiger partial charge < -0.3 is 9.80 Å². The Morgan fingerprint density at radius 2 is 1.82 bits per heavy atom. The number of rotatable bonds is 10. The fourth-order valence-electron chi connectivity index (χ4n) is 3.04. The van der Waals surface area contributed by atoms with E-state index in [4.69, 9.17) is 0 Å². The van der Waals surface area contributed by atoms with E-state index < -0.39 is 0 Å². The van der Waals surface area contributed by atoms with Crippen LogP contribution in [0.5, 0.6) is 0 Å². The van der Waals surface area contributed by atoms with E-state index in [1.807, 2.05) is 4.90 Å². The molecule has 0 aromatic rings. The van der Waals surface area contributed by atoms with E-state index in [0.717, 1.165) is 32.0 Å². The Morgan fingerprint density at radius 1 is 1.14 bits per heavy atom. The molecule has 1 saturated heterocycles. The Hall–Kier alpha value is -0.830. The molecule has 128 valence electrons. The van der Waals surface area contributed by atoms with Gasteiger partial charge in [-0.15, -0.1) is 0 Å². The number of hydrogen-bond donors (Lipinski definition) is 0. The van der Waals surface area contributed by atoms with Crippen LogP contribution in [0.15, 0.2) is 12.2 Å². The van der Waals surface area contributed by atoms with Crippen molar-refractivity contribution in [1.29, 1.82) is 0 Å². The van der Waals surface area contributed by atoms with Crippen LogP contribution < -0.4 is 0 Å². The third kappa shape index (κ3) is 8.57. The lowest BCUT2D eigenvalue weighted by Crippen LogP contribution is -2.38. The summed E-state index contributed by atoms with van der Waals surface area (Å²) in [5.74, 6) is 1.02. The van der Waals surface area contributed by atoms with E-state index in [9.17, 15) is 4.79 Å². The first kappa shape index (κ1) is 19.2. The molecule has 0 atom stereocenters. The average Bonchev–Trinajstić information content (AvgIpc) is 2.52. The first-order chi connectivity index (χ1) is 10.6. The van der Waals surface area contributed by atoms with Gasteiger partial charge in [-0.3, -0.25) is 4.79 Å². The predicted octanol–water partition coefficient (Wildman–Crippen LogP) is 4.09. The molecule has 1 rings (SSSR count). The van der Waals surface area contributed by atoms with Gasteiger partial charge in [0, 0.05) is 13.1 Å². The van der Waals surface area contributed by atoms with Gasteiger partial charge in [-0.2, -0.15) is 0 Å².